The molecule has 90 valence electrons. The second-order valence-electron chi connectivity index (χ2n) is 3.99. The van der Waals surface area contributed by atoms with E-state index in [0.29, 0.717) is 0 Å². The summed E-state index contributed by atoms with van der Waals surface area (Å²) in [7, 11) is 1.71. The normalized spacial score (nSPS) is 10.6. The molecule has 0 aromatic carbocycles. The number of ether oxygens (including phenoxy) is 1. The summed E-state index contributed by atoms with van der Waals surface area (Å²) in [5.41, 5.74) is 2.40. The number of methoxy groups -OCH3 is 1. The summed E-state index contributed by atoms with van der Waals surface area (Å²) in [6.45, 7) is 9.28. The van der Waals surface area contributed by atoms with Gasteiger partial charge in [-0.15, -0.1) is 6.58 Å². The fourth-order valence-corrected chi connectivity index (χ4v) is 1.33. The fraction of sp³-hybridized carbons (Fsp3) is 0.583. The molecule has 0 aliphatic rings. The van der Waals surface area contributed by atoms with Gasteiger partial charge in [0.25, 0.3) is 0 Å². The van der Waals surface area contributed by atoms with E-state index in [2.05, 4.69) is 23.2 Å². The van der Waals surface area contributed by atoms with Crippen molar-refractivity contribution in [3.05, 3.63) is 30.1 Å². The van der Waals surface area contributed by atoms with Gasteiger partial charge in [0.1, 0.15) is 0 Å². The van der Waals surface area contributed by atoms with Crippen LogP contribution in [0.5, 0.6) is 0 Å². The summed E-state index contributed by atoms with van der Waals surface area (Å²) < 4.78 is 6.92. The molecular weight excluding hydrogens is 202 g/mol. The van der Waals surface area contributed by atoms with Crippen LogP contribution >= 0.6 is 0 Å². The highest BCUT2D eigenvalue weighted by molar-refractivity contribution is 5.03. The van der Waals surface area contributed by atoms with Crippen LogP contribution < -0.4 is 5.32 Å². The summed E-state index contributed by atoms with van der Waals surface area (Å²) in [4.78, 5) is 0. The van der Waals surface area contributed by atoms with Gasteiger partial charge < -0.3 is 10.1 Å². The average Bonchev–Trinajstić information content (AvgIpc) is 2.70. The van der Waals surface area contributed by atoms with Gasteiger partial charge in [-0.1, -0.05) is 5.57 Å². The first-order valence-corrected chi connectivity index (χ1v) is 5.57. The maximum atomic E-state index is 4.96. The minimum Gasteiger partial charge on any atom is -0.383 e. The van der Waals surface area contributed by atoms with Crippen LogP contribution in [0.2, 0.25) is 0 Å². The molecule has 16 heavy (non-hydrogen) atoms. The van der Waals surface area contributed by atoms with Crippen molar-refractivity contribution in [2.75, 3.05) is 20.3 Å². The van der Waals surface area contributed by atoms with E-state index in [1.165, 1.54) is 11.1 Å². The summed E-state index contributed by atoms with van der Waals surface area (Å²) in [5.74, 6) is 0. The van der Waals surface area contributed by atoms with Crippen molar-refractivity contribution < 1.29 is 4.74 Å². The van der Waals surface area contributed by atoms with E-state index in [9.17, 15) is 0 Å². The van der Waals surface area contributed by atoms with Crippen molar-refractivity contribution in [1.29, 1.82) is 0 Å². The maximum Gasteiger partial charge on any atom is 0.0587 e. The Balaban J connectivity index is 2.25. The van der Waals surface area contributed by atoms with Gasteiger partial charge in [0.05, 0.1) is 12.8 Å². The van der Waals surface area contributed by atoms with Crippen LogP contribution in [0, 0.1) is 0 Å². The number of aryl methyl sites for hydroxylation is 1. The highest BCUT2D eigenvalue weighted by Crippen LogP contribution is 2.01. The Hall–Kier alpha value is -1.13. The summed E-state index contributed by atoms with van der Waals surface area (Å²) in [6, 6.07) is 0. The first-order chi connectivity index (χ1) is 7.72. The molecule has 0 amide bonds. The molecule has 4 nitrogen and oxygen atoms in total. The van der Waals surface area contributed by atoms with Crippen LogP contribution in [0.4, 0.5) is 0 Å². The Kier molecular flexibility index (Phi) is 5.82. The SMILES string of the molecule is C=C(C)CCn1cc(CNCCOC)cn1. The Bertz CT molecular complexity index is 320. The van der Waals surface area contributed by atoms with Crippen LogP contribution in [0.25, 0.3) is 0 Å². The average molecular weight is 223 g/mol. The summed E-state index contributed by atoms with van der Waals surface area (Å²) in [5, 5.41) is 7.58. The molecule has 0 bridgehead atoms. The van der Waals surface area contributed by atoms with Crippen molar-refractivity contribution in [1.82, 2.24) is 15.1 Å². The molecule has 0 aliphatic heterocycles. The van der Waals surface area contributed by atoms with Gasteiger partial charge in [0, 0.05) is 38.5 Å². The molecule has 0 aliphatic carbocycles. The van der Waals surface area contributed by atoms with Crippen LogP contribution in [0.15, 0.2) is 24.5 Å². The van der Waals surface area contributed by atoms with Crippen molar-refractivity contribution in [3.8, 4) is 0 Å². The zero-order valence-electron chi connectivity index (χ0n) is 10.2. The van der Waals surface area contributed by atoms with Crippen LogP contribution in [0.1, 0.15) is 18.9 Å². The van der Waals surface area contributed by atoms with E-state index in [0.717, 1.165) is 32.7 Å². The standard InChI is InChI=1S/C12H21N3O/c1-11(2)4-6-15-10-12(9-14-15)8-13-5-7-16-3/h9-10,13H,1,4-8H2,2-3H3. The Morgan fingerprint density at radius 1 is 1.62 bits per heavy atom. The topological polar surface area (TPSA) is 39.1 Å². The van der Waals surface area contributed by atoms with Crippen LogP contribution in [-0.2, 0) is 17.8 Å². The van der Waals surface area contributed by atoms with E-state index in [1.54, 1.807) is 7.11 Å². The predicted octanol–water partition coefficient (Wildman–Crippen LogP) is 1.59. The second-order valence-corrected chi connectivity index (χ2v) is 3.99. The van der Waals surface area contributed by atoms with E-state index in [1.807, 2.05) is 17.8 Å². The van der Waals surface area contributed by atoms with Crippen molar-refractivity contribution in [2.24, 2.45) is 0 Å². The fourth-order valence-electron chi connectivity index (χ4n) is 1.33. The van der Waals surface area contributed by atoms with Gasteiger partial charge in [-0.05, 0) is 13.3 Å². The monoisotopic (exact) mass is 223 g/mol. The van der Waals surface area contributed by atoms with E-state index >= 15 is 0 Å². The molecule has 4 heteroatoms. The van der Waals surface area contributed by atoms with Crippen molar-refractivity contribution in [2.45, 2.75) is 26.4 Å². The van der Waals surface area contributed by atoms with Gasteiger partial charge >= 0.3 is 0 Å². The lowest BCUT2D eigenvalue weighted by Gasteiger charge is -2.01. The number of rotatable bonds is 8. The molecule has 1 rings (SSSR count). The van der Waals surface area contributed by atoms with Gasteiger partial charge in [-0.3, -0.25) is 4.68 Å². The van der Waals surface area contributed by atoms with Crippen molar-refractivity contribution in [3.63, 3.8) is 0 Å². The van der Waals surface area contributed by atoms with E-state index in [4.69, 9.17) is 4.74 Å². The highest BCUT2D eigenvalue weighted by atomic mass is 16.5. The molecule has 0 fully saturated rings. The lowest BCUT2D eigenvalue weighted by Crippen LogP contribution is -2.18. The number of aromatic nitrogens is 2. The molecule has 0 spiro atoms. The molecule has 1 N–H and O–H groups in total. The number of nitrogens with zero attached hydrogens (tertiary/aromatic N) is 2. The third-order valence-electron chi connectivity index (χ3n) is 2.27. The minimum absolute atomic E-state index is 0.740. The van der Waals surface area contributed by atoms with Gasteiger partial charge in [-0.25, -0.2) is 0 Å². The quantitative estimate of drug-likeness (QED) is 0.537. The lowest BCUT2D eigenvalue weighted by molar-refractivity contribution is 0.199. The maximum absolute atomic E-state index is 4.96. The number of nitrogens with one attached hydrogen (secondary N) is 1. The molecule has 1 aromatic rings. The molecule has 0 saturated heterocycles. The third-order valence-corrected chi connectivity index (χ3v) is 2.27. The first kappa shape index (κ1) is 12.9. The zero-order valence-corrected chi connectivity index (χ0v) is 10.2. The molecule has 0 atom stereocenters. The molecule has 1 aromatic heterocycles. The molecule has 1 heterocycles. The largest absolute Gasteiger partial charge is 0.383 e. The van der Waals surface area contributed by atoms with E-state index in [-0.39, 0.29) is 0 Å². The summed E-state index contributed by atoms with van der Waals surface area (Å²) in [6.07, 6.45) is 4.96. The van der Waals surface area contributed by atoms with E-state index < -0.39 is 0 Å². The number of hydrogen-bond acceptors (Lipinski definition) is 3. The predicted molar refractivity (Wildman–Crippen MR) is 65.2 cm³/mol. The van der Waals surface area contributed by atoms with Gasteiger partial charge in [-0.2, -0.15) is 5.10 Å². The number of allylic oxidation sites excluding steroid dienone is 1. The first-order valence-electron chi connectivity index (χ1n) is 5.57. The smallest absolute Gasteiger partial charge is 0.0587 e. The van der Waals surface area contributed by atoms with Crippen LogP contribution in [0.3, 0.4) is 0 Å². The Morgan fingerprint density at radius 2 is 2.44 bits per heavy atom. The molecule has 0 radical (unpaired) electrons. The lowest BCUT2D eigenvalue weighted by atomic mass is 10.2. The highest BCUT2D eigenvalue weighted by Gasteiger charge is 1.98. The van der Waals surface area contributed by atoms with Crippen molar-refractivity contribution >= 4 is 0 Å². The molecular formula is C12H21N3O. The number of hydrogen-bond donors (Lipinski definition) is 1. The Labute approximate surface area is 97.3 Å². The third kappa shape index (κ3) is 5.09. The van der Waals surface area contributed by atoms with Gasteiger partial charge in [0.15, 0.2) is 0 Å². The van der Waals surface area contributed by atoms with Gasteiger partial charge in [0.2, 0.25) is 0 Å². The molecule has 0 saturated carbocycles. The molecule has 0 unspecified atom stereocenters. The van der Waals surface area contributed by atoms with Crippen LogP contribution in [-0.4, -0.2) is 30.0 Å². The Morgan fingerprint density at radius 3 is 3.12 bits per heavy atom. The second kappa shape index (κ2) is 7.19. The summed E-state index contributed by atoms with van der Waals surface area (Å²) >= 11 is 0. The minimum atomic E-state index is 0.740. The zero-order chi connectivity index (χ0) is 11.8.